The van der Waals surface area contributed by atoms with Crippen LogP contribution in [-0.2, 0) is 9.53 Å². The summed E-state index contributed by atoms with van der Waals surface area (Å²) < 4.78 is 11.3. The van der Waals surface area contributed by atoms with Crippen LogP contribution in [0.1, 0.15) is 31.2 Å². The number of rotatable bonds is 8. The molecule has 0 unspecified atom stereocenters. The largest absolute Gasteiger partial charge is 0.493 e. The molecule has 138 valence electrons. The van der Waals surface area contributed by atoms with E-state index in [4.69, 9.17) is 14.6 Å². The van der Waals surface area contributed by atoms with E-state index in [1.54, 1.807) is 0 Å². The van der Waals surface area contributed by atoms with E-state index < -0.39 is 5.97 Å². The highest BCUT2D eigenvalue weighted by atomic mass is 16.5. The number of amides is 2. The molecule has 1 aliphatic rings. The highest BCUT2D eigenvalue weighted by Crippen LogP contribution is 2.24. The standard InChI is InChI=1S/C18H26N2O5/c1-13-4-5-15(20-18(23)19-8-2-3-17(21)22)11-16(13)25-12-14-6-9-24-10-7-14/h4-5,11,14H,2-3,6-10,12H2,1H3,(H,21,22)(H2,19,20,23). The minimum Gasteiger partial charge on any atom is -0.493 e. The fraction of sp³-hybridized carbons (Fsp3) is 0.556. The van der Waals surface area contributed by atoms with E-state index in [9.17, 15) is 9.59 Å². The Morgan fingerprint density at radius 3 is 2.80 bits per heavy atom. The molecule has 2 rings (SSSR count). The molecule has 3 N–H and O–H groups in total. The van der Waals surface area contributed by atoms with Gasteiger partial charge in [0, 0.05) is 37.9 Å². The number of ether oxygens (including phenoxy) is 2. The average Bonchev–Trinajstić information content (AvgIpc) is 2.60. The Hall–Kier alpha value is -2.28. The summed E-state index contributed by atoms with van der Waals surface area (Å²) in [7, 11) is 0. The van der Waals surface area contributed by atoms with Crippen LogP contribution in [0.25, 0.3) is 0 Å². The van der Waals surface area contributed by atoms with Crippen LogP contribution in [0.3, 0.4) is 0 Å². The molecule has 1 aromatic rings. The molecule has 0 bridgehead atoms. The lowest BCUT2D eigenvalue weighted by molar-refractivity contribution is -0.137. The molecule has 25 heavy (non-hydrogen) atoms. The Morgan fingerprint density at radius 1 is 1.32 bits per heavy atom. The number of hydrogen-bond acceptors (Lipinski definition) is 4. The number of carboxylic acids is 1. The van der Waals surface area contributed by atoms with E-state index in [0.29, 0.717) is 31.2 Å². The van der Waals surface area contributed by atoms with Gasteiger partial charge in [0.05, 0.1) is 6.61 Å². The van der Waals surface area contributed by atoms with Crippen LogP contribution in [0.4, 0.5) is 10.5 Å². The maximum Gasteiger partial charge on any atom is 0.319 e. The minimum atomic E-state index is -0.868. The fourth-order valence-corrected chi connectivity index (χ4v) is 2.57. The first-order valence-corrected chi connectivity index (χ1v) is 8.62. The highest BCUT2D eigenvalue weighted by Gasteiger charge is 2.15. The van der Waals surface area contributed by atoms with Gasteiger partial charge in [0.15, 0.2) is 0 Å². The molecule has 7 heteroatoms. The van der Waals surface area contributed by atoms with Crippen molar-refractivity contribution in [2.75, 3.05) is 31.7 Å². The highest BCUT2D eigenvalue weighted by molar-refractivity contribution is 5.89. The zero-order valence-electron chi connectivity index (χ0n) is 14.5. The van der Waals surface area contributed by atoms with Crippen LogP contribution < -0.4 is 15.4 Å². The molecule has 0 aromatic heterocycles. The van der Waals surface area contributed by atoms with Crippen LogP contribution in [0, 0.1) is 12.8 Å². The number of aliphatic carboxylic acids is 1. The van der Waals surface area contributed by atoms with E-state index in [-0.39, 0.29) is 12.5 Å². The van der Waals surface area contributed by atoms with E-state index in [2.05, 4.69) is 10.6 Å². The van der Waals surface area contributed by atoms with Crippen LogP contribution in [-0.4, -0.2) is 43.5 Å². The molecule has 7 nitrogen and oxygen atoms in total. The molecule has 1 aromatic carbocycles. The Labute approximate surface area is 147 Å². The molecule has 1 fully saturated rings. The van der Waals surface area contributed by atoms with Crippen LogP contribution in [0.15, 0.2) is 18.2 Å². The molecule has 0 atom stereocenters. The summed E-state index contributed by atoms with van der Waals surface area (Å²) in [6, 6.07) is 5.17. The molecule has 0 radical (unpaired) electrons. The van der Waals surface area contributed by atoms with Gasteiger partial charge in [-0.1, -0.05) is 6.07 Å². The van der Waals surface area contributed by atoms with Gasteiger partial charge in [0.25, 0.3) is 0 Å². The van der Waals surface area contributed by atoms with Gasteiger partial charge in [0.2, 0.25) is 0 Å². The number of anilines is 1. The summed E-state index contributed by atoms with van der Waals surface area (Å²) in [5.41, 5.74) is 1.66. The Kier molecular flexibility index (Phi) is 7.53. The molecule has 0 aliphatic carbocycles. The summed E-state index contributed by atoms with van der Waals surface area (Å²) in [5.74, 6) is 0.393. The predicted molar refractivity (Wildman–Crippen MR) is 94.1 cm³/mol. The van der Waals surface area contributed by atoms with Gasteiger partial charge < -0.3 is 25.2 Å². The number of aryl methyl sites for hydroxylation is 1. The summed E-state index contributed by atoms with van der Waals surface area (Å²) in [5, 5.41) is 13.9. The van der Waals surface area contributed by atoms with Crippen LogP contribution in [0.5, 0.6) is 5.75 Å². The quantitative estimate of drug-likeness (QED) is 0.627. The number of carbonyl (C=O) groups excluding carboxylic acids is 1. The van der Waals surface area contributed by atoms with Gasteiger partial charge in [-0.25, -0.2) is 4.79 Å². The van der Waals surface area contributed by atoms with E-state index in [1.165, 1.54) is 0 Å². The minimum absolute atomic E-state index is 0.0367. The molecular weight excluding hydrogens is 324 g/mol. The second kappa shape index (κ2) is 9.88. The zero-order chi connectivity index (χ0) is 18.1. The van der Waals surface area contributed by atoms with Gasteiger partial charge in [-0.3, -0.25) is 4.79 Å². The lowest BCUT2D eigenvalue weighted by atomic mass is 10.0. The van der Waals surface area contributed by atoms with Crippen molar-refractivity contribution >= 4 is 17.7 Å². The summed E-state index contributed by atoms with van der Waals surface area (Å²) >= 11 is 0. The topological polar surface area (TPSA) is 96.9 Å². The van der Waals surface area contributed by atoms with Crippen LogP contribution >= 0.6 is 0 Å². The average molecular weight is 350 g/mol. The van der Waals surface area contributed by atoms with Crippen molar-refractivity contribution in [3.8, 4) is 5.75 Å². The number of carbonyl (C=O) groups is 2. The van der Waals surface area contributed by atoms with Gasteiger partial charge in [0.1, 0.15) is 5.75 Å². The Morgan fingerprint density at radius 2 is 2.08 bits per heavy atom. The first-order chi connectivity index (χ1) is 12.0. The lowest BCUT2D eigenvalue weighted by Gasteiger charge is -2.22. The first kappa shape index (κ1) is 19.1. The zero-order valence-corrected chi connectivity index (χ0v) is 14.5. The van der Waals surface area contributed by atoms with Gasteiger partial charge >= 0.3 is 12.0 Å². The third-order valence-electron chi connectivity index (χ3n) is 4.11. The smallest absolute Gasteiger partial charge is 0.319 e. The number of urea groups is 1. The fourth-order valence-electron chi connectivity index (χ4n) is 2.57. The number of nitrogens with one attached hydrogen (secondary N) is 2. The SMILES string of the molecule is Cc1ccc(NC(=O)NCCCC(=O)O)cc1OCC1CCOCC1. The van der Waals surface area contributed by atoms with Crippen LogP contribution in [0.2, 0.25) is 0 Å². The van der Waals surface area contributed by atoms with Crippen molar-refractivity contribution in [3.05, 3.63) is 23.8 Å². The maximum atomic E-state index is 11.8. The second-order valence-electron chi connectivity index (χ2n) is 6.23. The normalized spacial score (nSPS) is 14.8. The number of carboxylic acid groups (broad SMARTS) is 1. The third-order valence-corrected chi connectivity index (χ3v) is 4.11. The van der Waals surface area contributed by atoms with E-state index in [0.717, 1.165) is 37.4 Å². The Bertz CT molecular complexity index is 585. The molecule has 1 saturated heterocycles. The van der Waals surface area contributed by atoms with Gasteiger partial charge in [-0.05, 0) is 43.7 Å². The molecule has 0 saturated carbocycles. The molecule has 1 aliphatic heterocycles. The van der Waals surface area contributed by atoms with Crippen molar-refractivity contribution in [2.24, 2.45) is 5.92 Å². The molecular formula is C18H26N2O5. The summed E-state index contributed by atoms with van der Waals surface area (Å²) in [4.78, 5) is 22.3. The van der Waals surface area contributed by atoms with Crippen molar-refractivity contribution in [1.82, 2.24) is 5.32 Å². The number of hydrogen-bond donors (Lipinski definition) is 3. The monoisotopic (exact) mass is 350 g/mol. The lowest BCUT2D eigenvalue weighted by Crippen LogP contribution is -2.29. The van der Waals surface area contributed by atoms with E-state index in [1.807, 2.05) is 25.1 Å². The molecule has 2 amide bonds. The third kappa shape index (κ3) is 7.01. The van der Waals surface area contributed by atoms with Gasteiger partial charge in [-0.2, -0.15) is 0 Å². The number of benzene rings is 1. The van der Waals surface area contributed by atoms with Crippen molar-refractivity contribution in [2.45, 2.75) is 32.6 Å². The maximum absolute atomic E-state index is 11.8. The van der Waals surface area contributed by atoms with Crippen molar-refractivity contribution < 1.29 is 24.2 Å². The Balaban J connectivity index is 1.80. The second-order valence-corrected chi connectivity index (χ2v) is 6.23. The van der Waals surface area contributed by atoms with E-state index >= 15 is 0 Å². The summed E-state index contributed by atoms with van der Waals surface area (Å²) in [6.07, 6.45) is 2.45. The predicted octanol–water partition coefficient (Wildman–Crippen LogP) is 2.79. The van der Waals surface area contributed by atoms with Gasteiger partial charge in [-0.15, -0.1) is 0 Å². The van der Waals surface area contributed by atoms with Crippen molar-refractivity contribution in [3.63, 3.8) is 0 Å². The first-order valence-electron chi connectivity index (χ1n) is 8.62. The molecule has 0 spiro atoms. The van der Waals surface area contributed by atoms with Crippen molar-refractivity contribution in [1.29, 1.82) is 0 Å². The molecule has 1 heterocycles. The summed E-state index contributed by atoms with van der Waals surface area (Å²) in [6.45, 7) is 4.51.